The molecule has 1 aromatic carbocycles. The molecule has 3 rings (SSSR count). The molecule has 2 N–H and O–H groups in total. The Morgan fingerprint density at radius 3 is 2.76 bits per heavy atom. The van der Waals surface area contributed by atoms with Crippen molar-refractivity contribution in [3.63, 3.8) is 0 Å². The van der Waals surface area contributed by atoms with Gasteiger partial charge in [0.05, 0.1) is 6.04 Å². The van der Waals surface area contributed by atoms with Crippen molar-refractivity contribution in [3.05, 3.63) is 35.9 Å². The maximum atomic E-state index is 12.8. The van der Waals surface area contributed by atoms with Gasteiger partial charge in [-0.15, -0.1) is 0 Å². The second kappa shape index (κ2) is 3.92. The molecule has 0 saturated heterocycles. The van der Waals surface area contributed by atoms with Gasteiger partial charge in [0.15, 0.2) is 5.82 Å². The zero-order valence-electron chi connectivity index (χ0n) is 9.31. The van der Waals surface area contributed by atoms with Gasteiger partial charge in [-0.25, -0.2) is 14.1 Å². The number of benzene rings is 1. The summed E-state index contributed by atoms with van der Waals surface area (Å²) in [5.41, 5.74) is 6.80. The van der Waals surface area contributed by atoms with Crippen LogP contribution in [0.4, 0.5) is 4.39 Å². The number of hydrogen-bond acceptors (Lipinski definition) is 3. The normalized spacial score (nSPS) is 19.1. The topological polar surface area (TPSA) is 56.7 Å². The smallest absolute Gasteiger partial charge is 0.181 e. The van der Waals surface area contributed by atoms with Gasteiger partial charge >= 0.3 is 0 Å². The summed E-state index contributed by atoms with van der Waals surface area (Å²) >= 11 is 0. The second-order valence-corrected chi connectivity index (χ2v) is 4.27. The van der Waals surface area contributed by atoms with E-state index in [2.05, 4.69) is 10.1 Å². The quantitative estimate of drug-likeness (QED) is 0.816. The van der Waals surface area contributed by atoms with E-state index in [-0.39, 0.29) is 11.9 Å². The molecule has 5 heteroatoms. The Bertz CT molecular complexity index is 532. The standard InChI is InChI=1S/C12H13FN4/c13-9-5-3-8(4-6-9)11-15-12-10(14)2-1-7-17(12)16-11/h3-6,10H,1-2,7,14H2. The van der Waals surface area contributed by atoms with Crippen molar-refractivity contribution in [1.82, 2.24) is 14.8 Å². The SMILES string of the molecule is NC1CCCn2nc(-c3ccc(F)cc3)nc21. The highest BCUT2D eigenvalue weighted by molar-refractivity contribution is 5.54. The molecule has 0 aliphatic carbocycles. The molecule has 1 unspecified atom stereocenters. The zero-order valence-corrected chi connectivity index (χ0v) is 9.31. The van der Waals surface area contributed by atoms with E-state index in [9.17, 15) is 4.39 Å². The molecule has 1 aliphatic heterocycles. The van der Waals surface area contributed by atoms with Crippen LogP contribution in [0.1, 0.15) is 24.7 Å². The minimum atomic E-state index is -0.255. The minimum absolute atomic E-state index is 0.0366. The van der Waals surface area contributed by atoms with Gasteiger partial charge in [0, 0.05) is 12.1 Å². The van der Waals surface area contributed by atoms with Crippen molar-refractivity contribution >= 4 is 0 Å². The molecule has 2 heterocycles. The molecule has 1 aromatic heterocycles. The van der Waals surface area contributed by atoms with Crippen LogP contribution >= 0.6 is 0 Å². The van der Waals surface area contributed by atoms with Crippen molar-refractivity contribution in [2.75, 3.05) is 0 Å². The van der Waals surface area contributed by atoms with E-state index in [1.807, 2.05) is 4.68 Å². The Morgan fingerprint density at radius 2 is 2.06 bits per heavy atom. The average Bonchev–Trinajstić information content (AvgIpc) is 2.75. The van der Waals surface area contributed by atoms with Crippen LogP contribution in [0.25, 0.3) is 11.4 Å². The summed E-state index contributed by atoms with van der Waals surface area (Å²) in [4.78, 5) is 4.44. The molecule has 0 radical (unpaired) electrons. The van der Waals surface area contributed by atoms with E-state index < -0.39 is 0 Å². The lowest BCUT2D eigenvalue weighted by molar-refractivity contribution is 0.422. The van der Waals surface area contributed by atoms with Crippen molar-refractivity contribution in [2.24, 2.45) is 5.73 Å². The average molecular weight is 232 g/mol. The third-order valence-electron chi connectivity index (χ3n) is 3.02. The molecule has 88 valence electrons. The van der Waals surface area contributed by atoms with Crippen LogP contribution in [-0.4, -0.2) is 14.8 Å². The Balaban J connectivity index is 2.02. The Kier molecular flexibility index (Phi) is 2.40. The van der Waals surface area contributed by atoms with Gasteiger partial charge in [-0.1, -0.05) is 0 Å². The number of hydrogen-bond donors (Lipinski definition) is 1. The van der Waals surface area contributed by atoms with Crippen LogP contribution in [0.3, 0.4) is 0 Å². The first-order valence-electron chi connectivity index (χ1n) is 5.70. The van der Waals surface area contributed by atoms with Crippen molar-refractivity contribution in [3.8, 4) is 11.4 Å². The number of aromatic nitrogens is 3. The van der Waals surface area contributed by atoms with E-state index in [1.54, 1.807) is 12.1 Å². The lowest BCUT2D eigenvalue weighted by atomic mass is 10.1. The van der Waals surface area contributed by atoms with Crippen molar-refractivity contribution < 1.29 is 4.39 Å². The Morgan fingerprint density at radius 1 is 1.29 bits per heavy atom. The van der Waals surface area contributed by atoms with Crippen LogP contribution in [0.15, 0.2) is 24.3 Å². The van der Waals surface area contributed by atoms with Crippen LogP contribution in [-0.2, 0) is 6.54 Å². The van der Waals surface area contributed by atoms with Gasteiger partial charge in [-0.3, -0.25) is 0 Å². The van der Waals surface area contributed by atoms with E-state index in [0.717, 1.165) is 30.8 Å². The Hall–Kier alpha value is -1.75. The highest BCUT2D eigenvalue weighted by Gasteiger charge is 2.21. The maximum absolute atomic E-state index is 12.8. The summed E-state index contributed by atoms with van der Waals surface area (Å²) in [6, 6.07) is 6.15. The third kappa shape index (κ3) is 1.82. The molecule has 17 heavy (non-hydrogen) atoms. The number of fused-ring (bicyclic) bond motifs is 1. The fraction of sp³-hybridized carbons (Fsp3) is 0.333. The first-order valence-corrected chi connectivity index (χ1v) is 5.70. The summed E-state index contributed by atoms with van der Waals surface area (Å²) < 4.78 is 14.7. The molecule has 0 bridgehead atoms. The highest BCUT2D eigenvalue weighted by atomic mass is 19.1. The number of halogens is 1. The minimum Gasteiger partial charge on any atom is -0.321 e. The van der Waals surface area contributed by atoms with Gasteiger partial charge in [0.25, 0.3) is 0 Å². The number of aryl methyl sites for hydroxylation is 1. The van der Waals surface area contributed by atoms with Gasteiger partial charge < -0.3 is 5.73 Å². The predicted molar refractivity (Wildman–Crippen MR) is 61.6 cm³/mol. The van der Waals surface area contributed by atoms with E-state index in [4.69, 9.17) is 5.73 Å². The largest absolute Gasteiger partial charge is 0.321 e. The lowest BCUT2D eigenvalue weighted by Crippen LogP contribution is -2.22. The second-order valence-electron chi connectivity index (χ2n) is 4.27. The molecule has 1 atom stereocenters. The van der Waals surface area contributed by atoms with Gasteiger partial charge in [0.1, 0.15) is 11.6 Å². The van der Waals surface area contributed by atoms with Crippen LogP contribution in [0.5, 0.6) is 0 Å². The number of nitrogens with two attached hydrogens (primary N) is 1. The van der Waals surface area contributed by atoms with E-state index in [0.29, 0.717) is 5.82 Å². The lowest BCUT2D eigenvalue weighted by Gasteiger charge is -2.17. The molecule has 4 nitrogen and oxygen atoms in total. The highest BCUT2D eigenvalue weighted by Crippen LogP contribution is 2.24. The molecular weight excluding hydrogens is 219 g/mol. The van der Waals surface area contributed by atoms with Crippen LogP contribution < -0.4 is 5.73 Å². The first-order chi connectivity index (χ1) is 8.24. The Labute approximate surface area is 98.3 Å². The van der Waals surface area contributed by atoms with E-state index >= 15 is 0 Å². The fourth-order valence-corrected chi connectivity index (χ4v) is 2.10. The molecule has 0 spiro atoms. The fourth-order valence-electron chi connectivity index (χ4n) is 2.10. The molecule has 0 fully saturated rings. The predicted octanol–water partition coefficient (Wildman–Crippen LogP) is 1.88. The van der Waals surface area contributed by atoms with Gasteiger partial charge in [-0.05, 0) is 37.1 Å². The van der Waals surface area contributed by atoms with Crippen LogP contribution in [0, 0.1) is 5.82 Å². The number of nitrogens with zero attached hydrogens (tertiary/aromatic N) is 3. The van der Waals surface area contributed by atoms with Crippen LogP contribution in [0.2, 0.25) is 0 Å². The monoisotopic (exact) mass is 232 g/mol. The van der Waals surface area contributed by atoms with Gasteiger partial charge in [-0.2, -0.15) is 5.10 Å². The number of rotatable bonds is 1. The van der Waals surface area contributed by atoms with Crippen molar-refractivity contribution in [2.45, 2.75) is 25.4 Å². The van der Waals surface area contributed by atoms with Crippen molar-refractivity contribution in [1.29, 1.82) is 0 Å². The molecule has 1 aliphatic rings. The summed E-state index contributed by atoms with van der Waals surface area (Å²) in [6.07, 6.45) is 1.97. The summed E-state index contributed by atoms with van der Waals surface area (Å²) in [5.74, 6) is 1.20. The molecule has 2 aromatic rings. The summed E-state index contributed by atoms with van der Waals surface area (Å²) in [6.45, 7) is 0.858. The first kappa shape index (κ1) is 10.4. The molecular formula is C12H13FN4. The van der Waals surface area contributed by atoms with Gasteiger partial charge in [0.2, 0.25) is 0 Å². The molecule has 0 saturated carbocycles. The molecule has 0 amide bonds. The summed E-state index contributed by atoms with van der Waals surface area (Å²) in [7, 11) is 0. The maximum Gasteiger partial charge on any atom is 0.181 e. The summed E-state index contributed by atoms with van der Waals surface area (Å²) in [5, 5.41) is 4.40. The third-order valence-corrected chi connectivity index (χ3v) is 3.02. The zero-order chi connectivity index (χ0) is 11.8. The van der Waals surface area contributed by atoms with E-state index in [1.165, 1.54) is 12.1 Å².